The van der Waals surface area contributed by atoms with Crippen LogP contribution in [0.1, 0.15) is 48.6 Å². The van der Waals surface area contributed by atoms with Crippen LogP contribution in [0.4, 0.5) is 17.1 Å². The van der Waals surface area contributed by atoms with Crippen LogP contribution in [0.25, 0.3) is 66.4 Å². The molecule has 10 aromatic rings. The molecule has 0 saturated carbocycles. The molecular weight excluding hydrogens is 739 g/mol. The van der Waals surface area contributed by atoms with E-state index in [2.05, 4.69) is 232 Å². The maximum absolute atomic E-state index is 7.42. The molecule has 2 aliphatic carbocycles. The van der Waals surface area contributed by atoms with Gasteiger partial charge in [-0.2, -0.15) is 0 Å². The first-order chi connectivity index (χ1) is 29.9. The van der Waals surface area contributed by atoms with E-state index >= 15 is 0 Å². The number of nitrogens with zero attached hydrogens (tertiary/aromatic N) is 1. The van der Waals surface area contributed by atoms with Crippen molar-refractivity contribution in [2.24, 2.45) is 0 Å². The summed E-state index contributed by atoms with van der Waals surface area (Å²) in [6.07, 6.45) is 0. The van der Waals surface area contributed by atoms with E-state index in [0.717, 1.165) is 50.1 Å². The lowest BCUT2D eigenvalue weighted by Crippen LogP contribution is -2.22. The van der Waals surface area contributed by atoms with Gasteiger partial charge in [0.15, 0.2) is 5.58 Å². The molecule has 2 nitrogen and oxygen atoms in total. The van der Waals surface area contributed by atoms with Crippen LogP contribution in [0, 0.1) is 0 Å². The second kappa shape index (κ2) is 13.3. The summed E-state index contributed by atoms with van der Waals surface area (Å²) in [6, 6.07) is 75.5. The van der Waals surface area contributed by atoms with Crippen molar-refractivity contribution in [1.29, 1.82) is 0 Å². The van der Waals surface area contributed by atoms with Crippen LogP contribution in [0.3, 0.4) is 0 Å². The average molecular weight is 782 g/mol. The predicted octanol–water partition coefficient (Wildman–Crippen LogP) is 16.0. The number of furan rings is 1. The molecule has 0 saturated heterocycles. The van der Waals surface area contributed by atoms with Crippen LogP contribution in [0.2, 0.25) is 0 Å². The van der Waals surface area contributed by atoms with E-state index in [0.29, 0.717) is 0 Å². The first-order valence-electron chi connectivity index (χ1n) is 21.3. The van der Waals surface area contributed by atoms with Crippen molar-refractivity contribution in [3.63, 3.8) is 0 Å². The molecule has 2 aliphatic rings. The summed E-state index contributed by atoms with van der Waals surface area (Å²) in [5.41, 5.74) is 20.7. The maximum atomic E-state index is 7.42. The van der Waals surface area contributed by atoms with Gasteiger partial charge in [-0.15, -0.1) is 0 Å². The van der Waals surface area contributed by atoms with Gasteiger partial charge in [0.25, 0.3) is 0 Å². The maximum Gasteiger partial charge on any atom is 0.159 e. The van der Waals surface area contributed by atoms with Crippen LogP contribution in [-0.4, -0.2) is 0 Å². The van der Waals surface area contributed by atoms with E-state index in [1.165, 1.54) is 61.2 Å². The fourth-order valence-corrected chi connectivity index (χ4v) is 10.7. The minimum absolute atomic E-state index is 0.168. The van der Waals surface area contributed by atoms with E-state index < -0.39 is 5.41 Å². The number of hydrogen-bond acceptors (Lipinski definition) is 2. The Morgan fingerprint density at radius 3 is 1.46 bits per heavy atom. The third kappa shape index (κ3) is 5.22. The highest BCUT2D eigenvalue weighted by molar-refractivity contribution is 6.12. The van der Waals surface area contributed by atoms with Gasteiger partial charge in [0.05, 0.1) is 5.69 Å². The Kier molecular flexibility index (Phi) is 7.74. The van der Waals surface area contributed by atoms with Crippen molar-refractivity contribution < 1.29 is 4.42 Å². The molecule has 0 spiro atoms. The lowest BCUT2D eigenvalue weighted by Gasteiger charge is -2.29. The van der Waals surface area contributed by atoms with Gasteiger partial charge in [-0.05, 0) is 110 Å². The summed E-state index contributed by atoms with van der Waals surface area (Å²) in [4.78, 5) is 2.44. The number of rotatable bonds is 6. The number of anilines is 3. The van der Waals surface area contributed by atoms with Gasteiger partial charge < -0.3 is 9.32 Å². The van der Waals surface area contributed by atoms with Crippen LogP contribution < -0.4 is 4.90 Å². The Balaban J connectivity index is 1.13. The van der Waals surface area contributed by atoms with Crippen LogP contribution in [-0.2, 0) is 10.8 Å². The second-order valence-electron chi connectivity index (χ2n) is 17.4. The Hall–Kier alpha value is -7.42. The fraction of sp³-hybridized carbons (Fsp3) is 0.0847. The van der Waals surface area contributed by atoms with Crippen LogP contribution in [0.5, 0.6) is 0 Å². The SMILES string of the molecule is CC1(C)c2ccccc2-c2ccc(N(c3cc(-c4ccccc4)cc(-c4ccccc4)c3)c3cccc4c3oc3c(C5(C)c6ccccc6-c6ccccc65)cccc34)cc21. The molecule has 0 bridgehead atoms. The Morgan fingerprint density at radius 1 is 0.344 bits per heavy atom. The summed E-state index contributed by atoms with van der Waals surface area (Å²) in [7, 11) is 0. The van der Waals surface area contributed by atoms with Gasteiger partial charge in [0.1, 0.15) is 5.58 Å². The highest BCUT2D eigenvalue weighted by atomic mass is 16.3. The zero-order valence-electron chi connectivity index (χ0n) is 34.5. The standard InChI is InChI=1S/C59H43NO/c1-58(2)50-27-13-10-22-44(50)47-33-32-42(37-54(47)58)60(43-35-40(38-18-6-4-7-19-38)34-41(36-43)39-20-8-5-9-21-39)55-31-17-26-49-48-25-16-30-53(56(48)61-57(49)55)59(3)51-28-14-11-23-45(51)46-24-12-15-29-52(46)59/h4-37H,1-3H3. The summed E-state index contributed by atoms with van der Waals surface area (Å²) in [6.45, 7) is 7.09. The first-order valence-corrected chi connectivity index (χ1v) is 21.3. The molecule has 9 aromatic carbocycles. The van der Waals surface area contributed by atoms with Gasteiger partial charge in [0.2, 0.25) is 0 Å². The van der Waals surface area contributed by atoms with Crippen molar-refractivity contribution in [3.8, 4) is 44.5 Å². The molecule has 61 heavy (non-hydrogen) atoms. The van der Waals surface area contributed by atoms with Gasteiger partial charge in [-0.1, -0.05) is 184 Å². The number of hydrogen-bond donors (Lipinski definition) is 0. The normalized spacial score (nSPS) is 14.1. The van der Waals surface area contributed by atoms with Gasteiger partial charge in [-0.25, -0.2) is 0 Å². The smallest absolute Gasteiger partial charge is 0.159 e. The van der Waals surface area contributed by atoms with E-state index in [4.69, 9.17) is 4.42 Å². The summed E-state index contributed by atoms with van der Waals surface area (Å²) in [5, 5.41) is 2.21. The minimum Gasteiger partial charge on any atom is -0.454 e. The van der Waals surface area contributed by atoms with Crippen LogP contribution >= 0.6 is 0 Å². The quantitative estimate of drug-likeness (QED) is 0.167. The Bertz CT molecular complexity index is 3250. The molecule has 1 heterocycles. The molecular formula is C59H43NO. The summed E-state index contributed by atoms with van der Waals surface area (Å²) >= 11 is 0. The van der Waals surface area contributed by atoms with Crippen molar-refractivity contribution in [2.75, 3.05) is 4.90 Å². The minimum atomic E-state index is -0.407. The molecule has 2 heteroatoms. The number of fused-ring (bicyclic) bond motifs is 9. The third-order valence-electron chi connectivity index (χ3n) is 13.7. The molecule has 0 amide bonds. The van der Waals surface area contributed by atoms with E-state index in [-0.39, 0.29) is 5.41 Å². The Labute approximate surface area is 357 Å². The van der Waals surface area contributed by atoms with E-state index in [1.54, 1.807) is 0 Å². The van der Waals surface area contributed by atoms with Crippen molar-refractivity contribution in [3.05, 3.63) is 234 Å². The molecule has 0 unspecified atom stereocenters. The molecule has 0 N–H and O–H groups in total. The topological polar surface area (TPSA) is 16.4 Å². The molecule has 0 fully saturated rings. The third-order valence-corrected chi connectivity index (χ3v) is 13.7. The van der Waals surface area contributed by atoms with Gasteiger partial charge >= 0.3 is 0 Å². The molecule has 0 aliphatic heterocycles. The lowest BCUT2D eigenvalue weighted by molar-refractivity contribution is 0.638. The summed E-state index contributed by atoms with van der Waals surface area (Å²) < 4.78 is 7.42. The van der Waals surface area contributed by atoms with Crippen molar-refractivity contribution in [2.45, 2.75) is 31.6 Å². The lowest BCUT2D eigenvalue weighted by atomic mass is 9.74. The molecule has 1 aromatic heterocycles. The van der Waals surface area contributed by atoms with Crippen molar-refractivity contribution >= 4 is 39.0 Å². The highest BCUT2D eigenvalue weighted by Gasteiger charge is 2.42. The molecule has 0 atom stereocenters. The zero-order valence-corrected chi connectivity index (χ0v) is 34.5. The second-order valence-corrected chi connectivity index (χ2v) is 17.4. The van der Waals surface area contributed by atoms with Crippen molar-refractivity contribution in [1.82, 2.24) is 0 Å². The molecule has 290 valence electrons. The molecule has 0 radical (unpaired) electrons. The number of benzene rings is 9. The first kappa shape index (κ1) is 35.5. The van der Waals surface area contributed by atoms with Gasteiger partial charge in [0, 0.05) is 38.5 Å². The van der Waals surface area contributed by atoms with E-state index in [9.17, 15) is 0 Å². The zero-order chi connectivity index (χ0) is 40.9. The largest absolute Gasteiger partial charge is 0.454 e. The monoisotopic (exact) mass is 781 g/mol. The predicted molar refractivity (Wildman–Crippen MR) is 254 cm³/mol. The number of para-hydroxylation sites is 2. The van der Waals surface area contributed by atoms with E-state index in [1.807, 2.05) is 0 Å². The van der Waals surface area contributed by atoms with Crippen LogP contribution in [0.15, 0.2) is 211 Å². The average Bonchev–Trinajstić information content (AvgIpc) is 3.91. The fourth-order valence-electron chi connectivity index (χ4n) is 10.7. The summed E-state index contributed by atoms with van der Waals surface area (Å²) in [5.74, 6) is 0. The van der Waals surface area contributed by atoms with Gasteiger partial charge in [-0.3, -0.25) is 0 Å². The Morgan fingerprint density at radius 2 is 0.836 bits per heavy atom. The highest BCUT2D eigenvalue weighted by Crippen LogP contribution is 2.56. The molecule has 12 rings (SSSR count).